The summed E-state index contributed by atoms with van der Waals surface area (Å²) in [5, 5.41) is 19.2. The van der Waals surface area contributed by atoms with E-state index in [4.69, 9.17) is 0 Å². The molecule has 0 spiro atoms. The number of nitrogens with zero attached hydrogens (tertiary/aromatic N) is 5. The van der Waals surface area contributed by atoms with Gasteiger partial charge in [0.2, 0.25) is 5.91 Å². The van der Waals surface area contributed by atoms with Crippen molar-refractivity contribution in [2.45, 2.75) is 31.5 Å². The van der Waals surface area contributed by atoms with Gasteiger partial charge in [0.05, 0.1) is 5.75 Å². The van der Waals surface area contributed by atoms with Crippen LogP contribution in [0.3, 0.4) is 0 Å². The van der Waals surface area contributed by atoms with Gasteiger partial charge < -0.3 is 9.88 Å². The van der Waals surface area contributed by atoms with Gasteiger partial charge in [-0.15, -0.1) is 10.2 Å². The van der Waals surface area contributed by atoms with E-state index in [0.717, 1.165) is 29.9 Å². The molecule has 0 aliphatic carbocycles. The average molecular weight is 434 g/mol. The van der Waals surface area contributed by atoms with Crippen molar-refractivity contribution < 1.29 is 4.79 Å². The Kier molecular flexibility index (Phi) is 6.73. The van der Waals surface area contributed by atoms with Gasteiger partial charge in [-0.2, -0.15) is 5.10 Å². The van der Waals surface area contributed by atoms with Gasteiger partial charge in [-0.3, -0.25) is 14.9 Å². The maximum absolute atomic E-state index is 12.4. The van der Waals surface area contributed by atoms with Gasteiger partial charge in [-0.1, -0.05) is 49.0 Å². The molecule has 0 saturated carbocycles. The molecule has 4 rings (SSSR count). The number of H-pyrrole nitrogens is 1. The Bertz CT molecular complexity index is 1130. The number of anilines is 1. The molecule has 3 aromatic heterocycles. The third-order valence-electron chi connectivity index (χ3n) is 4.72. The first-order valence-electron chi connectivity index (χ1n) is 10.1. The number of carbonyl (C=O) groups is 1. The number of benzene rings is 1. The quantitative estimate of drug-likeness (QED) is 0.391. The molecule has 4 aromatic rings. The summed E-state index contributed by atoms with van der Waals surface area (Å²) < 4.78 is 2.05. The van der Waals surface area contributed by atoms with Crippen molar-refractivity contribution in [3.63, 3.8) is 0 Å². The summed E-state index contributed by atoms with van der Waals surface area (Å²) >= 11 is 1.36. The van der Waals surface area contributed by atoms with Gasteiger partial charge in [0, 0.05) is 36.3 Å². The van der Waals surface area contributed by atoms with Gasteiger partial charge in [-0.05, 0) is 30.5 Å². The van der Waals surface area contributed by atoms with E-state index >= 15 is 0 Å². The molecule has 1 amide bonds. The van der Waals surface area contributed by atoms with Crippen molar-refractivity contribution in [3.05, 3.63) is 72.2 Å². The summed E-state index contributed by atoms with van der Waals surface area (Å²) in [5.74, 6) is 1.35. The summed E-state index contributed by atoms with van der Waals surface area (Å²) in [6, 6.07) is 15.9. The van der Waals surface area contributed by atoms with E-state index in [1.54, 1.807) is 12.4 Å². The summed E-state index contributed by atoms with van der Waals surface area (Å²) in [5.41, 5.74) is 3.10. The maximum Gasteiger partial charge on any atom is 0.236 e. The fourth-order valence-electron chi connectivity index (χ4n) is 3.11. The molecule has 0 atom stereocenters. The lowest BCUT2D eigenvalue weighted by Crippen LogP contribution is -2.15. The molecular weight excluding hydrogens is 410 g/mol. The van der Waals surface area contributed by atoms with Crippen molar-refractivity contribution in [1.82, 2.24) is 29.9 Å². The Morgan fingerprint density at radius 1 is 1.16 bits per heavy atom. The summed E-state index contributed by atoms with van der Waals surface area (Å²) in [7, 11) is 0. The van der Waals surface area contributed by atoms with Crippen LogP contribution in [0.1, 0.15) is 18.2 Å². The zero-order chi connectivity index (χ0) is 21.5. The Balaban J connectivity index is 1.48. The Morgan fingerprint density at radius 2 is 2.03 bits per heavy atom. The number of aryl methyl sites for hydroxylation is 2. The Morgan fingerprint density at radius 3 is 2.77 bits per heavy atom. The number of thioether (sulfide) groups is 1. The lowest BCUT2D eigenvalue weighted by atomic mass is 10.1. The first kappa shape index (κ1) is 20.8. The fraction of sp³-hybridized carbons (Fsp3) is 0.227. The van der Waals surface area contributed by atoms with Crippen molar-refractivity contribution >= 4 is 23.5 Å². The van der Waals surface area contributed by atoms with Crippen LogP contribution >= 0.6 is 11.8 Å². The first-order valence-corrected chi connectivity index (χ1v) is 11.1. The molecule has 0 unspecified atom stereocenters. The third-order valence-corrected chi connectivity index (χ3v) is 5.68. The largest absolute Gasteiger partial charge is 0.308 e. The molecule has 0 aliphatic heterocycles. The van der Waals surface area contributed by atoms with Crippen molar-refractivity contribution in [3.8, 4) is 11.4 Å². The molecule has 0 radical (unpaired) electrons. The van der Waals surface area contributed by atoms with Gasteiger partial charge in [0.1, 0.15) is 0 Å². The second kappa shape index (κ2) is 10.0. The highest BCUT2D eigenvalue weighted by Gasteiger charge is 2.16. The molecule has 31 heavy (non-hydrogen) atoms. The van der Waals surface area contributed by atoms with Crippen molar-refractivity contribution in [1.29, 1.82) is 0 Å². The van der Waals surface area contributed by atoms with E-state index in [0.29, 0.717) is 17.5 Å². The molecule has 2 N–H and O–H groups in total. The second-order valence-corrected chi connectivity index (χ2v) is 7.85. The number of hydrogen-bond acceptors (Lipinski definition) is 6. The second-order valence-electron chi connectivity index (χ2n) is 6.90. The van der Waals surface area contributed by atoms with E-state index in [-0.39, 0.29) is 11.7 Å². The summed E-state index contributed by atoms with van der Waals surface area (Å²) in [4.78, 5) is 16.6. The minimum absolute atomic E-state index is 0.139. The number of rotatable bonds is 9. The van der Waals surface area contributed by atoms with Crippen LogP contribution < -0.4 is 5.32 Å². The molecule has 9 heteroatoms. The number of aromatic amines is 1. The van der Waals surface area contributed by atoms with Crippen LogP contribution in [0.15, 0.2) is 66.1 Å². The van der Waals surface area contributed by atoms with Crippen LogP contribution in [0.2, 0.25) is 0 Å². The molecule has 0 fully saturated rings. The van der Waals surface area contributed by atoms with Gasteiger partial charge >= 0.3 is 0 Å². The van der Waals surface area contributed by atoms with Crippen LogP contribution in [0.25, 0.3) is 11.4 Å². The van der Waals surface area contributed by atoms with Crippen molar-refractivity contribution in [2.75, 3.05) is 11.1 Å². The van der Waals surface area contributed by atoms with Gasteiger partial charge in [0.25, 0.3) is 0 Å². The molecule has 0 bridgehead atoms. The number of nitrogens with one attached hydrogen (secondary N) is 2. The lowest BCUT2D eigenvalue weighted by molar-refractivity contribution is -0.113. The number of carbonyl (C=O) groups excluding carboxylic acids is 1. The van der Waals surface area contributed by atoms with Crippen LogP contribution in [0.4, 0.5) is 5.82 Å². The zero-order valence-corrected chi connectivity index (χ0v) is 18.0. The zero-order valence-electron chi connectivity index (χ0n) is 17.2. The van der Waals surface area contributed by atoms with E-state index in [2.05, 4.69) is 42.8 Å². The first-order chi connectivity index (χ1) is 15.2. The lowest BCUT2D eigenvalue weighted by Gasteiger charge is -2.10. The fourth-order valence-corrected chi connectivity index (χ4v) is 3.87. The third kappa shape index (κ3) is 5.37. The molecular formula is C22H23N7OS. The maximum atomic E-state index is 12.4. The minimum Gasteiger partial charge on any atom is -0.308 e. The van der Waals surface area contributed by atoms with Crippen LogP contribution in [0.5, 0.6) is 0 Å². The molecule has 8 nitrogen and oxygen atoms in total. The van der Waals surface area contributed by atoms with Gasteiger partial charge in [-0.25, -0.2) is 0 Å². The highest BCUT2D eigenvalue weighted by Crippen LogP contribution is 2.24. The monoisotopic (exact) mass is 433 g/mol. The molecule has 3 heterocycles. The minimum atomic E-state index is -0.139. The average Bonchev–Trinajstić information content (AvgIpc) is 3.44. The molecule has 0 aliphatic rings. The molecule has 0 saturated heterocycles. The van der Waals surface area contributed by atoms with Crippen LogP contribution in [0, 0.1) is 0 Å². The normalized spacial score (nSPS) is 10.9. The number of pyridine rings is 1. The smallest absolute Gasteiger partial charge is 0.236 e. The SMILES string of the molecule is CCc1cc(NC(=O)CSc2nnc(-c3cccnc3)n2CCc2ccccc2)n[nH]1. The van der Waals surface area contributed by atoms with E-state index in [1.807, 2.05) is 47.9 Å². The predicted octanol–water partition coefficient (Wildman–Crippen LogP) is 3.60. The predicted molar refractivity (Wildman–Crippen MR) is 121 cm³/mol. The standard InChI is InChI=1S/C22H23N7OS/c1-2-18-13-19(26-25-18)24-20(30)15-31-22-28-27-21(17-9-6-11-23-14-17)29(22)12-10-16-7-4-3-5-8-16/h3-9,11,13-14H,2,10,12,15H2,1H3,(H2,24,25,26,30). The Hall–Kier alpha value is -3.46. The number of aromatic nitrogens is 6. The Labute approximate surface area is 184 Å². The van der Waals surface area contributed by atoms with E-state index in [1.165, 1.54) is 17.3 Å². The number of amides is 1. The van der Waals surface area contributed by atoms with Crippen LogP contribution in [-0.2, 0) is 24.2 Å². The van der Waals surface area contributed by atoms with Crippen LogP contribution in [-0.4, -0.2) is 41.6 Å². The topological polar surface area (TPSA) is 101 Å². The molecule has 158 valence electrons. The summed E-state index contributed by atoms with van der Waals surface area (Å²) in [6.07, 6.45) is 5.17. The molecule has 1 aromatic carbocycles. The van der Waals surface area contributed by atoms with Gasteiger partial charge in [0.15, 0.2) is 16.8 Å². The van der Waals surface area contributed by atoms with E-state index in [9.17, 15) is 4.79 Å². The highest BCUT2D eigenvalue weighted by atomic mass is 32.2. The summed E-state index contributed by atoms with van der Waals surface area (Å²) in [6.45, 7) is 2.72. The number of hydrogen-bond donors (Lipinski definition) is 2. The van der Waals surface area contributed by atoms with E-state index < -0.39 is 0 Å². The van der Waals surface area contributed by atoms with Crippen molar-refractivity contribution in [2.24, 2.45) is 0 Å². The highest BCUT2D eigenvalue weighted by molar-refractivity contribution is 7.99.